The summed E-state index contributed by atoms with van der Waals surface area (Å²) >= 11 is 5.95. The van der Waals surface area contributed by atoms with Crippen molar-refractivity contribution in [1.29, 1.82) is 0 Å². The fourth-order valence-electron chi connectivity index (χ4n) is 4.06. The summed E-state index contributed by atoms with van der Waals surface area (Å²) in [6.45, 7) is 4.35. The van der Waals surface area contributed by atoms with Gasteiger partial charge in [-0.05, 0) is 56.5 Å². The molecule has 1 aromatic heterocycles. The van der Waals surface area contributed by atoms with Gasteiger partial charge in [0.15, 0.2) is 5.78 Å². The highest BCUT2D eigenvalue weighted by atomic mass is 35.5. The van der Waals surface area contributed by atoms with Gasteiger partial charge in [-0.15, -0.1) is 0 Å². The Morgan fingerprint density at radius 3 is 2.48 bits per heavy atom. The van der Waals surface area contributed by atoms with Gasteiger partial charge in [-0.3, -0.25) is 9.59 Å². The van der Waals surface area contributed by atoms with Crippen LogP contribution >= 0.6 is 11.6 Å². The number of ketones is 1. The molecule has 1 aliphatic heterocycles. The van der Waals surface area contributed by atoms with Crippen LogP contribution in [0.2, 0.25) is 5.02 Å². The maximum atomic E-state index is 13.3. The molecule has 1 saturated heterocycles. The number of aromatic nitrogens is 1. The minimum atomic E-state index is -0.504. The SMILES string of the molecule is COC(=O)c1c(C)c(C(=O)CN(C[C@H]2CCCO2)C(=O)c2ccc(Cl)cc2)c(C)n1C. The second-order valence-corrected chi connectivity index (χ2v) is 8.17. The summed E-state index contributed by atoms with van der Waals surface area (Å²) in [6, 6.07) is 6.59. The number of ether oxygens (including phenoxy) is 2. The second-order valence-electron chi connectivity index (χ2n) is 7.74. The predicted molar refractivity (Wildman–Crippen MR) is 117 cm³/mol. The molecule has 8 heteroatoms. The standard InChI is InChI=1S/C23H27ClN2O5/c1-14-20(15(2)25(3)21(14)23(29)30-4)19(27)13-26(12-18-6-5-11-31-18)22(28)16-7-9-17(24)10-8-16/h7-10,18H,5-6,11-13H2,1-4H3/t18-/m1/s1. The van der Waals surface area contributed by atoms with Crippen molar-refractivity contribution in [2.45, 2.75) is 32.8 Å². The largest absolute Gasteiger partial charge is 0.464 e. The Labute approximate surface area is 186 Å². The molecule has 1 aliphatic rings. The molecule has 1 amide bonds. The first-order valence-corrected chi connectivity index (χ1v) is 10.6. The number of esters is 1. The maximum Gasteiger partial charge on any atom is 0.354 e. The molecule has 7 nitrogen and oxygen atoms in total. The number of amides is 1. The van der Waals surface area contributed by atoms with E-state index in [1.54, 1.807) is 49.7 Å². The molecule has 0 saturated carbocycles. The van der Waals surface area contributed by atoms with Crippen molar-refractivity contribution < 1.29 is 23.9 Å². The first-order valence-electron chi connectivity index (χ1n) is 10.2. The fourth-order valence-corrected chi connectivity index (χ4v) is 4.18. The van der Waals surface area contributed by atoms with Crippen molar-refractivity contribution in [3.8, 4) is 0 Å². The number of hydrogen-bond donors (Lipinski definition) is 0. The van der Waals surface area contributed by atoms with Crippen LogP contribution in [0.3, 0.4) is 0 Å². The zero-order chi connectivity index (χ0) is 22.7. The van der Waals surface area contributed by atoms with Crippen molar-refractivity contribution in [1.82, 2.24) is 9.47 Å². The van der Waals surface area contributed by atoms with Gasteiger partial charge in [-0.2, -0.15) is 0 Å². The van der Waals surface area contributed by atoms with E-state index in [0.717, 1.165) is 12.8 Å². The lowest BCUT2D eigenvalue weighted by Gasteiger charge is -2.25. The molecule has 0 radical (unpaired) electrons. The molecule has 0 bridgehead atoms. The Bertz CT molecular complexity index is 990. The maximum absolute atomic E-state index is 13.3. The molecular weight excluding hydrogens is 420 g/mol. The van der Waals surface area contributed by atoms with Gasteiger partial charge in [0.25, 0.3) is 5.91 Å². The first-order chi connectivity index (χ1) is 14.7. The van der Waals surface area contributed by atoms with Gasteiger partial charge >= 0.3 is 5.97 Å². The van der Waals surface area contributed by atoms with Crippen LogP contribution in [0.4, 0.5) is 0 Å². The highest BCUT2D eigenvalue weighted by molar-refractivity contribution is 6.30. The number of rotatable bonds is 7. The number of nitrogens with zero attached hydrogens (tertiary/aromatic N) is 2. The number of carbonyl (C=O) groups excluding carboxylic acids is 3. The number of halogens is 1. The summed E-state index contributed by atoms with van der Waals surface area (Å²) in [5.41, 5.74) is 2.42. The zero-order valence-electron chi connectivity index (χ0n) is 18.2. The van der Waals surface area contributed by atoms with Crippen molar-refractivity contribution >= 4 is 29.3 Å². The summed E-state index contributed by atoms with van der Waals surface area (Å²) in [5, 5.41) is 0.532. The third-order valence-electron chi connectivity index (χ3n) is 5.75. The lowest BCUT2D eigenvalue weighted by Crippen LogP contribution is -2.41. The van der Waals surface area contributed by atoms with Crippen molar-refractivity contribution in [3.05, 3.63) is 57.4 Å². The molecule has 2 aromatic rings. The average Bonchev–Trinajstić information content (AvgIpc) is 3.33. The number of hydrogen-bond acceptors (Lipinski definition) is 5. The third-order valence-corrected chi connectivity index (χ3v) is 6.00. The molecule has 1 aromatic carbocycles. The van der Waals surface area contributed by atoms with Crippen LogP contribution in [0.5, 0.6) is 0 Å². The van der Waals surface area contributed by atoms with Gasteiger partial charge in [-0.1, -0.05) is 11.6 Å². The van der Waals surface area contributed by atoms with Crippen molar-refractivity contribution in [2.75, 3.05) is 26.8 Å². The van der Waals surface area contributed by atoms with E-state index in [2.05, 4.69) is 0 Å². The monoisotopic (exact) mass is 446 g/mol. The Hall–Kier alpha value is -2.64. The molecule has 0 spiro atoms. The van der Waals surface area contributed by atoms with E-state index in [-0.39, 0.29) is 24.3 Å². The van der Waals surface area contributed by atoms with Gasteiger partial charge in [0.05, 0.1) is 19.8 Å². The Balaban J connectivity index is 1.90. The molecule has 1 atom stereocenters. The lowest BCUT2D eigenvalue weighted by molar-refractivity contribution is 0.0506. The minimum absolute atomic E-state index is 0.104. The molecule has 166 valence electrons. The molecule has 3 rings (SSSR count). The van der Waals surface area contributed by atoms with E-state index < -0.39 is 5.97 Å². The Kier molecular flexibility index (Phi) is 7.18. The van der Waals surface area contributed by atoms with E-state index in [4.69, 9.17) is 21.1 Å². The normalized spacial score (nSPS) is 15.7. The summed E-state index contributed by atoms with van der Waals surface area (Å²) in [7, 11) is 3.02. The van der Waals surface area contributed by atoms with Gasteiger partial charge in [-0.25, -0.2) is 4.79 Å². The molecule has 31 heavy (non-hydrogen) atoms. The van der Waals surface area contributed by atoms with Crippen LogP contribution in [0, 0.1) is 13.8 Å². The fraction of sp³-hybridized carbons (Fsp3) is 0.435. The highest BCUT2D eigenvalue weighted by Crippen LogP contribution is 2.24. The Morgan fingerprint density at radius 1 is 1.23 bits per heavy atom. The molecule has 0 aliphatic carbocycles. The van der Waals surface area contributed by atoms with Gasteiger partial charge in [0.2, 0.25) is 0 Å². The molecule has 0 N–H and O–H groups in total. The van der Waals surface area contributed by atoms with Gasteiger partial charge < -0.3 is 18.9 Å². The third kappa shape index (κ3) is 4.83. The predicted octanol–water partition coefficient (Wildman–Crippen LogP) is 3.59. The average molecular weight is 447 g/mol. The smallest absolute Gasteiger partial charge is 0.354 e. The molecule has 0 unspecified atom stereocenters. The summed E-state index contributed by atoms with van der Waals surface area (Å²) in [4.78, 5) is 40.2. The van der Waals surface area contributed by atoms with Crippen molar-refractivity contribution in [3.63, 3.8) is 0 Å². The summed E-state index contributed by atoms with van der Waals surface area (Å²) in [5.74, 6) is -1.00. The van der Waals surface area contributed by atoms with Crippen molar-refractivity contribution in [2.24, 2.45) is 7.05 Å². The van der Waals surface area contributed by atoms with Gasteiger partial charge in [0, 0.05) is 42.0 Å². The second kappa shape index (κ2) is 9.66. The highest BCUT2D eigenvalue weighted by Gasteiger charge is 2.29. The van der Waals surface area contributed by atoms with E-state index >= 15 is 0 Å². The van der Waals surface area contributed by atoms with Crippen LogP contribution in [0.25, 0.3) is 0 Å². The summed E-state index contributed by atoms with van der Waals surface area (Å²) < 4.78 is 12.2. The quantitative estimate of drug-likeness (QED) is 0.479. The van der Waals surface area contributed by atoms with Gasteiger partial charge in [0.1, 0.15) is 5.69 Å². The number of carbonyl (C=O) groups is 3. The summed E-state index contributed by atoms with van der Waals surface area (Å²) in [6.07, 6.45) is 1.67. The van der Waals surface area contributed by atoms with E-state index in [9.17, 15) is 14.4 Å². The Morgan fingerprint density at radius 2 is 1.90 bits per heavy atom. The van der Waals surface area contributed by atoms with Crippen LogP contribution in [0.1, 0.15) is 55.3 Å². The minimum Gasteiger partial charge on any atom is -0.464 e. The van der Waals surface area contributed by atoms with E-state index in [0.29, 0.717) is 46.3 Å². The number of Topliss-reactive ketones (excluding diaryl/α,β-unsaturated/α-hetero) is 1. The topological polar surface area (TPSA) is 77.8 Å². The lowest BCUT2D eigenvalue weighted by atomic mass is 10.0. The molecular formula is C23H27ClN2O5. The zero-order valence-corrected chi connectivity index (χ0v) is 19.0. The van der Waals surface area contributed by atoms with E-state index in [1.165, 1.54) is 12.0 Å². The number of methoxy groups -OCH3 is 1. The first kappa shape index (κ1) is 23.0. The van der Waals surface area contributed by atoms with Crippen LogP contribution in [-0.2, 0) is 16.5 Å². The van der Waals surface area contributed by atoms with E-state index in [1.807, 2.05) is 0 Å². The number of benzene rings is 1. The van der Waals surface area contributed by atoms with Crippen LogP contribution in [-0.4, -0.2) is 60.0 Å². The molecule has 1 fully saturated rings. The van der Waals surface area contributed by atoms with Crippen LogP contribution < -0.4 is 0 Å². The molecule has 2 heterocycles. The van der Waals surface area contributed by atoms with Crippen LogP contribution in [0.15, 0.2) is 24.3 Å².